The number of rotatable bonds is 5. The van der Waals surface area contributed by atoms with Crippen molar-refractivity contribution < 1.29 is 14.3 Å². The van der Waals surface area contributed by atoms with Crippen molar-refractivity contribution in [1.82, 2.24) is 0 Å². The van der Waals surface area contributed by atoms with E-state index < -0.39 is 5.97 Å². The lowest BCUT2D eigenvalue weighted by Crippen LogP contribution is -2.43. The van der Waals surface area contributed by atoms with Gasteiger partial charge in [0.15, 0.2) is 6.61 Å². The molecule has 0 bridgehead atoms. The predicted octanol–water partition coefficient (Wildman–Crippen LogP) is 4.92. The summed E-state index contributed by atoms with van der Waals surface area (Å²) >= 11 is 7.27. The summed E-state index contributed by atoms with van der Waals surface area (Å²) in [6.45, 7) is -0.254. The van der Waals surface area contributed by atoms with Crippen molar-refractivity contribution in [3.05, 3.63) is 51.7 Å². The van der Waals surface area contributed by atoms with Crippen molar-refractivity contribution in [3.8, 4) is 0 Å². The van der Waals surface area contributed by atoms with Crippen LogP contribution in [0, 0.1) is 0 Å². The molecule has 1 saturated carbocycles. The molecule has 1 fully saturated rings. The molecule has 1 heterocycles. The van der Waals surface area contributed by atoms with Gasteiger partial charge >= 0.3 is 5.97 Å². The van der Waals surface area contributed by atoms with E-state index in [4.69, 9.17) is 16.3 Å². The van der Waals surface area contributed by atoms with Crippen LogP contribution in [0.1, 0.15) is 41.8 Å². The number of carbonyl (C=O) groups excluding carboxylic acids is 2. The Hall–Kier alpha value is -1.85. The van der Waals surface area contributed by atoms with Gasteiger partial charge in [-0.05, 0) is 48.6 Å². The molecule has 2 aromatic rings. The number of halogens is 1. The van der Waals surface area contributed by atoms with E-state index >= 15 is 0 Å². The number of amides is 1. The third kappa shape index (κ3) is 4.61. The quantitative estimate of drug-likeness (QED) is 0.694. The highest BCUT2D eigenvalue weighted by Crippen LogP contribution is 2.28. The van der Waals surface area contributed by atoms with E-state index in [1.807, 2.05) is 12.1 Å². The molecule has 0 N–H and O–H groups in total. The van der Waals surface area contributed by atoms with Crippen molar-refractivity contribution >= 4 is 40.5 Å². The summed E-state index contributed by atoms with van der Waals surface area (Å²) in [6.07, 6.45) is 5.35. The zero-order valence-corrected chi connectivity index (χ0v) is 15.4. The predicted molar refractivity (Wildman–Crippen MR) is 100 cm³/mol. The van der Waals surface area contributed by atoms with Crippen molar-refractivity contribution in [3.63, 3.8) is 0 Å². The van der Waals surface area contributed by atoms with Gasteiger partial charge in [0, 0.05) is 16.8 Å². The lowest BCUT2D eigenvalue weighted by Gasteiger charge is -2.34. The molecular formula is C19H20ClNO3S. The van der Waals surface area contributed by atoms with Crippen LogP contribution in [0.3, 0.4) is 0 Å². The minimum Gasteiger partial charge on any atom is -0.451 e. The van der Waals surface area contributed by atoms with Crippen molar-refractivity contribution in [2.75, 3.05) is 11.5 Å². The summed E-state index contributed by atoms with van der Waals surface area (Å²) in [4.78, 5) is 27.1. The maximum absolute atomic E-state index is 12.8. The van der Waals surface area contributed by atoms with Gasteiger partial charge in [0.2, 0.25) is 0 Å². The van der Waals surface area contributed by atoms with Crippen LogP contribution in [0.2, 0.25) is 5.02 Å². The van der Waals surface area contributed by atoms with E-state index in [9.17, 15) is 9.59 Å². The van der Waals surface area contributed by atoms with Gasteiger partial charge in [0.25, 0.3) is 5.91 Å². The summed E-state index contributed by atoms with van der Waals surface area (Å²) in [5.74, 6) is -0.651. The molecule has 3 rings (SSSR count). The number of nitrogens with zero attached hydrogens (tertiary/aromatic N) is 1. The molecule has 6 heteroatoms. The number of hydrogen-bond acceptors (Lipinski definition) is 4. The highest BCUT2D eigenvalue weighted by Gasteiger charge is 2.27. The topological polar surface area (TPSA) is 46.6 Å². The first-order chi connectivity index (χ1) is 12.1. The molecule has 0 saturated heterocycles. The van der Waals surface area contributed by atoms with E-state index in [-0.39, 0.29) is 18.6 Å². The van der Waals surface area contributed by atoms with E-state index in [0.717, 1.165) is 31.4 Å². The Morgan fingerprint density at radius 1 is 1.12 bits per heavy atom. The van der Waals surface area contributed by atoms with Gasteiger partial charge in [-0.1, -0.05) is 36.9 Å². The van der Waals surface area contributed by atoms with Gasteiger partial charge in [0.1, 0.15) is 4.88 Å². The zero-order chi connectivity index (χ0) is 17.6. The second-order valence-electron chi connectivity index (χ2n) is 6.09. The van der Waals surface area contributed by atoms with E-state index in [1.165, 1.54) is 17.8 Å². The van der Waals surface area contributed by atoms with Gasteiger partial charge in [-0.2, -0.15) is 0 Å². The Bertz CT molecular complexity index is 709. The molecule has 25 heavy (non-hydrogen) atoms. The van der Waals surface area contributed by atoms with Gasteiger partial charge < -0.3 is 9.64 Å². The molecule has 0 spiro atoms. The molecule has 0 unspecified atom stereocenters. The minimum atomic E-state index is -0.456. The average molecular weight is 378 g/mol. The smallest absolute Gasteiger partial charge is 0.348 e. The fraction of sp³-hybridized carbons (Fsp3) is 0.368. The van der Waals surface area contributed by atoms with E-state index in [1.54, 1.807) is 34.5 Å². The summed E-state index contributed by atoms with van der Waals surface area (Å²) in [5, 5.41) is 2.43. The highest BCUT2D eigenvalue weighted by molar-refractivity contribution is 7.11. The molecular weight excluding hydrogens is 358 g/mol. The van der Waals surface area contributed by atoms with Gasteiger partial charge in [-0.15, -0.1) is 11.3 Å². The second-order valence-corrected chi connectivity index (χ2v) is 7.47. The third-order valence-corrected chi connectivity index (χ3v) is 5.46. The molecule has 1 aromatic carbocycles. The lowest BCUT2D eigenvalue weighted by atomic mass is 9.93. The molecule has 1 aromatic heterocycles. The third-order valence-electron chi connectivity index (χ3n) is 4.36. The molecule has 1 aliphatic rings. The van der Waals surface area contributed by atoms with Crippen LogP contribution < -0.4 is 4.90 Å². The summed E-state index contributed by atoms with van der Waals surface area (Å²) in [6, 6.07) is 10.9. The minimum absolute atomic E-state index is 0.142. The number of benzene rings is 1. The number of thiophene rings is 1. The number of hydrogen-bond donors (Lipinski definition) is 0. The van der Waals surface area contributed by atoms with Crippen molar-refractivity contribution in [2.45, 2.75) is 38.1 Å². The fourth-order valence-electron chi connectivity index (χ4n) is 3.16. The van der Waals surface area contributed by atoms with Gasteiger partial charge in [0.05, 0.1) is 0 Å². The summed E-state index contributed by atoms with van der Waals surface area (Å²) in [5.41, 5.74) is 0.800. The Morgan fingerprint density at radius 2 is 1.84 bits per heavy atom. The van der Waals surface area contributed by atoms with Crippen LogP contribution in [-0.2, 0) is 9.53 Å². The molecule has 1 amide bonds. The Labute approximate surface area is 156 Å². The van der Waals surface area contributed by atoms with Crippen LogP contribution in [0.25, 0.3) is 0 Å². The van der Waals surface area contributed by atoms with Crippen LogP contribution in [0.15, 0.2) is 41.8 Å². The maximum atomic E-state index is 12.8. The summed E-state index contributed by atoms with van der Waals surface area (Å²) in [7, 11) is 0. The largest absolute Gasteiger partial charge is 0.451 e. The molecule has 1 aliphatic carbocycles. The molecule has 0 atom stereocenters. The lowest BCUT2D eigenvalue weighted by molar-refractivity contribution is -0.122. The van der Waals surface area contributed by atoms with Crippen molar-refractivity contribution in [2.24, 2.45) is 0 Å². The Kier molecular flexibility index (Phi) is 6.10. The number of ether oxygens (including phenoxy) is 1. The SMILES string of the molecule is O=C(OCC(=O)N(c1ccc(Cl)cc1)C1CCCCC1)c1cccs1. The monoisotopic (exact) mass is 377 g/mol. The summed E-state index contributed by atoms with van der Waals surface area (Å²) < 4.78 is 5.22. The average Bonchev–Trinajstić information content (AvgIpc) is 3.17. The van der Waals surface area contributed by atoms with E-state index in [2.05, 4.69) is 0 Å². The Morgan fingerprint density at radius 3 is 2.48 bits per heavy atom. The molecule has 4 nitrogen and oxygen atoms in total. The first-order valence-electron chi connectivity index (χ1n) is 8.43. The normalized spacial score (nSPS) is 14.9. The van der Waals surface area contributed by atoms with Crippen LogP contribution in [0.5, 0.6) is 0 Å². The molecule has 132 valence electrons. The molecule has 0 radical (unpaired) electrons. The van der Waals surface area contributed by atoms with Crippen molar-refractivity contribution in [1.29, 1.82) is 0 Å². The first-order valence-corrected chi connectivity index (χ1v) is 9.69. The molecule has 0 aliphatic heterocycles. The second kappa shape index (κ2) is 8.50. The zero-order valence-electron chi connectivity index (χ0n) is 13.8. The number of anilines is 1. The fourth-order valence-corrected chi connectivity index (χ4v) is 3.90. The van der Waals surface area contributed by atoms with Gasteiger partial charge in [-0.25, -0.2) is 4.79 Å². The standard InChI is InChI=1S/C19H20ClNO3S/c20-14-8-10-16(11-9-14)21(15-5-2-1-3-6-15)18(22)13-24-19(23)17-7-4-12-25-17/h4,7-12,15H,1-3,5-6,13H2. The van der Waals surface area contributed by atoms with Crippen LogP contribution >= 0.6 is 22.9 Å². The van der Waals surface area contributed by atoms with Gasteiger partial charge in [-0.3, -0.25) is 4.79 Å². The number of carbonyl (C=O) groups is 2. The highest BCUT2D eigenvalue weighted by atomic mass is 35.5. The number of esters is 1. The Balaban J connectivity index is 1.72. The van der Waals surface area contributed by atoms with Crippen LogP contribution in [-0.4, -0.2) is 24.5 Å². The van der Waals surface area contributed by atoms with Crippen LogP contribution in [0.4, 0.5) is 5.69 Å². The van der Waals surface area contributed by atoms with E-state index in [0.29, 0.717) is 9.90 Å². The maximum Gasteiger partial charge on any atom is 0.348 e. The first kappa shape index (κ1) is 18.0.